The fourth-order valence-electron chi connectivity index (χ4n) is 1.91. The van der Waals surface area contributed by atoms with E-state index < -0.39 is 0 Å². The minimum absolute atomic E-state index is 0.0115. The van der Waals surface area contributed by atoms with Crippen LogP contribution in [0.1, 0.15) is 39.5 Å². The standard InChI is InChI=1S/C12H25NO2/c1-4-14-12(15-5-2)9-10-13(3)11-7-6-8-11/h11-12H,4-10H2,1-3H3. The van der Waals surface area contributed by atoms with Gasteiger partial charge in [-0.1, -0.05) is 6.42 Å². The van der Waals surface area contributed by atoms with E-state index in [4.69, 9.17) is 9.47 Å². The molecule has 0 aromatic rings. The highest BCUT2D eigenvalue weighted by molar-refractivity contribution is 4.77. The fourth-order valence-corrected chi connectivity index (χ4v) is 1.91. The number of hydrogen-bond acceptors (Lipinski definition) is 3. The summed E-state index contributed by atoms with van der Waals surface area (Å²) in [5.74, 6) is 0. The van der Waals surface area contributed by atoms with Crippen LogP contribution in [0.2, 0.25) is 0 Å². The Morgan fingerprint density at radius 3 is 2.20 bits per heavy atom. The van der Waals surface area contributed by atoms with E-state index in [9.17, 15) is 0 Å². The average molecular weight is 215 g/mol. The zero-order chi connectivity index (χ0) is 11.1. The van der Waals surface area contributed by atoms with E-state index in [2.05, 4.69) is 11.9 Å². The van der Waals surface area contributed by atoms with Crippen LogP contribution in [0.3, 0.4) is 0 Å². The van der Waals surface area contributed by atoms with E-state index in [1.54, 1.807) is 0 Å². The molecular weight excluding hydrogens is 190 g/mol. The predicted molar refractivity (Wildman–Crippen MR) is 61.9 cm³/mol. The first-order valence-electron chi connectivity index (χ1n) is 6.21. The highest BCUT2D eigenvalue weighted by atomic mass is 16.7. The van der Waals surface area contributed by atoms with Crippen molar-refractivity contribution in [3.8, 4) is 0 Å². The molecule has 0 radical (unpaired) electrons. The number of ether oxygens (including phenoxy) is 2. The third-order valence-electron chi connectivity index (χ3n) is 3.12. The van der Waals surface area contributed by atoms with Crippen LogP contribution in [0.4, 0.5) is 0 Å². The van der Waals surface area contributed by atoms with Gasteiger partial charge < -0.3 is 14.4 Å². The molecule has 1 aliphatic carbocycles. The lowest BCUT2D eigenvalue weighted by Gasteiger charge is -2.35. The molecule has 3 heteroatoms. The maximum Gasteiger partial charge on any atom is 0.158 e. The lowest BCUT2D eigenvalue weighted by molar-refractivity contribution is -0.142. The molecule has 0 bridgehead atoms. The van der Waals surface area contributed by atoms with Gasteiger partial charge in [0.1, 0.15) is 0 Å². The molecule has 0 heterocycles. The van der Waals surface area contributed by atoms with E-state index in [1.807, 2.05) is 13.8 Å². The van der Waals surface area contributed by atoms with Gasteiger partial charge in [0.15, 0.2) is 6.29 Å². The van der Waals surface area contributed by atoms with Crippen molar-refractivity contribution in [3.63, 3.8) is 0 Å². The highest BCUT2D eigenvalue weighted by Crippen LogP contribution is 2.23. The van der Waals surface area contributed by atoms with Gasteiger partial charge in [-0.05, 0) is 33.7 Å². The van der Waals surface area contributed by atoms with Crippen LogP contribution in [0.5, 0.6) is 0 Å². The molecule has 90 valence electrons. The van der Waals surface area contributed by atoms with Crippen molar-refractivity contribution in [3.05, 3.63) is 0 Å². The van der Waals surface area contributed by atoms with Crippen LogP contribution in [-0.2, 0) is 9.47 Å². The van der Waals surface area contributed by atoms with Gasteiger partial charge in [0, 0.05) is 32.2 Å². The Kier molecular flexibility index (Phi) is 6.22. The molecule has 0 aliphatic heterocycles. The maximum absolute atomic E-state index is 5.52. The van der Waals surface area contributed by atoms with Gasteiger partial charge >= 0.3 is 0 Å². The Bertz CT molecular complexity index is 154. The molecule has 1 aliphatic rings. The molecule has 0 aromatic heterocycles. The molecule has 0 aromatic carbocycles. The molecule has 0 saturated heterocycles. The van der Waals surface area contributed by atoms with Gasteiger partial charge in [0.25, 0.3) is 0 Å². The third kappa shape index (κ3) is 4.49. The second kappa shape index (κ2) is 7.20. The van der Waals surface area contributed by atoms with E-state index in [-0.39, 0.29) is 6.29 Å². The van der Waals surface area contributed by atoms with Crippen molar-refractivity contribution < 1.29 is 9.47 Å². The van der Waals surface area contributed by atoms with Crippen molar-refractivity contribution in [2.75, 3.05) is 26.8 Å². The van der Waals surface area contributed by atoms with Gasteiger partial charge in [0.05, 0.1) is 0 Å². The zero-order valence-electron chi connectivity index (χ0n) is 10.4. The first kappa shape index (κ1) is 12.9. The van der Waals surface area contributed by atoms with Crippen LogP contribution in [-0.4, -0.2) is 44.0 Å². The monoisotopic (exact) mass is 215 g/mol. The van der Waals surface area contributed by atoms with Crippen LogP contribution in [0, 0.1) is 0 Å². The maximum atomic E-state index is 5.52. The van der Waals surface area contributed by atoms with E-state index >= 15 is 0 Å². The Hall–Kier alpha value is -0.120. The smallest absolute Gasteiger partial charge is 0.158 e. The number of nitrogens with zero attached hydrogens (tertiary/aromatic N) is 1. The van der Waals surface area contributed by atoms with Crippen LogP contribution < -0.4 is 0 Å². The summed E-state index contributed by atoms with van der Waals surface area (Å²) in [5, 5.41) is 0. The van der Waals surface area contributed by atoms with Gasteiger partial charge in [-0.15, -0.1) is 0 Å². The summed E-state index contributed by atoms with van der Waals surface area (Å²) in [6, 6.07) is 0.814. The first-order chi connectivity index (χ1) is 7.27. The van der Waals surface area contributed by atoms with Crippen molar-refractivity contribution >= 4 is 0 Å². The normalized spacial score (nSPS) is 17.4. The fraction of sp³-hybridized carbons (Fsp3) is 1.00. The van der Waals surface area contributed by atoms with Gasteiger partial charge in [-0.3, -0.25) is 0 Å². The molecular formula is C12H25NO2. The molecule has 1 fully saturated rings. The summed E-state index contributed by atoms with van der Waals surface area (Å²) in [5.41, 5.74) is 0. The van der Waals surface area contributed by atoms with Gasteiger partial charge in [-0.2, -0.15) is 0 Å². The quantitative estimate of drug-likeness (QED) is 0.580. The molecule has 1 rings (SSSR count). The Balaban J connectivity index is 2.13. The van der Waals surface area contributed by atoms with E-state index in [1.165, 1.54) is 19.3 Å². The summed E-state index contributed by atoms with van der Waals surface area (Å²) in [4.78, 5) is 2.44. The summed E-state index contributed by atoms with van der Waals surface area (Å²) >= 11 is 0. The SMILES string of the molecule is CCOC(CCN(C)C1CCC1)OCC. The molecule has 0 unspecified atom stereocenters. The molecule has 3 nitrogen and oxygen atoms in total. The molecule has 0 atom stereocenters. The largest absolute Gasteiger partial charge is 0.353 e. The summed E-state index contributed by atoms with van der Waals surface area (Å²) in [7, 11) is 2.21. The second-order valence-electron chi connectivity index (χ2n) is 4.19. The van der Waals surface area contributed by atoms with Crippen LogP contribution in [0.25, 0.3) is 0 Å². The second-order valence-corrected chi connectivity index (χ2v) is 4.19. The average Bonchev–Trinajstić information content (AvgIpc) is 2.12. The first-order valence-corrected chi connectivity index (χ1v) is 6.21. The van der Waals surface area contributed by atoms with Crippen molar-refractivity contribution in [1.82, 2.24) is 4.90 Å². The van der Waals surface area contributed by atoms with Crippen molar-refractivity contribution in [2.45, 2.75) is 51.9 Å². The van der Waals surface area contributed by atoms with Crippen LogP contribution in [0.15, 0.2) is 0 Å². The topological polar surface area (TPSA) is 21.7 Å². The molecule has 0 N–H and O–H groups in total. The number of rotatable bonds is 8. The molecule has 1 saturated carbocycles. The summed E-state index contributed by atoms with van der Waals surface area (Å²) < 4.78 is 11.0. The van der Waals surface area contributed by atoms with E-state index in [0.29, 0.717) is 0 Å². The Morgan fingerprint density at radius 2 is 1.80 bits per heavy atom. The Morgan fingerprint density at radius 1 is 1.20 bits per heavy atom. The Labute approximate surface area is 93.7 Å². The van der Waals surface area contributed by atoms with Crippen molar-refractivity contribution in [2.24, 2.45) is 0 Å². The summed E-state index contributed by atoms with van der Waals surface area (Å²) in [6.45, 7) is 6.58. The van der Waals surface area contributed by atoms with E-state index in [0.717, 1.165) is 32.2 Å². The van der Waals surface area contributed by atoms with Crippen LogP contribution >= 0.6 is 0 Å². The third-order valence-corrected chi connectivity index (χ3v) is 3.12. The predicted octanol–water partition coefficient (Wildman–Crippen LogP) is 2.26. The molecule has 15 heavy (non-hydrogen) atoms. The van der Waals surface area contributed by atoms with Crippen molar-refractivity contribution in [1.29, 1.82) is 0 Å². The lowest BCUT2D eigenvalue weighted by atomic mass is 9.92. The van der Waals surface area contributed by atoms with Gasteiger partial charge in [-0.25, -0.2) is 0 Å². The highest BCUT2D eigenvalue weighted by Gasteiger charge is 2.22. The number of hydrogen-bond donors (Lipinski definition) is 0. The minimum Gasteiger partial charge on any atom is -0.353 e. The zero-order valence-corrected chi connectivity index (χ0v) is 10.4. The lowest BCUT2D eigenvalue weighted by Crippen LogP contribution is -2.39. The van der Waals surface area contributed by atoms with Gasteiger partial charge in [0.2, 0.25) is 0 Å². The molecule has 0 amide bonds. The minimum atomic E-state index is -0.0115. The summed E-state index contributed by atoms with van der Waals surface area (Å²) in [6.07, 6.45) is 5.10. The molecule has 0 spiro atoms.